The summed E-state index contributed by atoms with van der Waals surface area (Å²) < 4.78 is 15.5. The molecule has 0 spiro atoms. The number of thiocarbonyl (C=S) groups is 1. The van der Waals surface area contributed by atoms with Gasteiger partial charge in [-0.2, -0.15) is 5.10 Å². The Bertz CT molecular complexity index is 694. The first-order chi connectivity index (χ1) is 13.0. The van der Waals surface area contributed by atoms with Crippen molar-refractivity contribution in [3.05, 3.63) is 27.8 Å². The van der Waals surface area contributed by atoms with E-state index in [4.69, 9.17) is 26.4 Å². The van der Waals surface area contributed by atoms with Crippen LogP contribution in [-0.2, 0) is 4.74 Å². The maximum atomic E-state index is 11.1. The lowest BCUT2D eigenvalue weighted by atomic mass is 10.1. The third-order valence-electron chi connectivity index (χ3n) is 3.91. The van der Waals surface area contributed by atoms with Gasteiger partial charge in [0, 0.05) is 43.9 Å². The van der Waals surface area contributed by atoms with E-state index in [9.17, 15) is 10.1 Å². The van der Waals surface area contributed by atoms with Gasteiger partial charge in [0.15, 0.2) is 5.11 Å². The van der Waals surface area contributed by atoms with E-state index in [-0.39, 0.29) is 11.4 Å². The number of morpholine rings is 1. The topological polar surface area (TPSA) is 110 Å². The van der Waals surface area contributed by atoms with Gasteiger partial charge in [0.2, 0.25) is 5.75 Å². The Morgan fingerprint density at radius 1 is 1.37 bits per heavy atom. The fourth-order valence-electron chi connectivity index (χ4n) is 2.50. The number of nitro groups is 1. The Morgan fingerprint density at radius 3 is 2.70 bits per heavy atom. The molecule has 1 fully saturated rings. The van der Waals surface area contributed by atoms with E-state index in [1.54, 1.807) is 0 Å². The van der Waals surface area contributed by atoms with Crippen LogP contribution in [-0.4, -0.2) is 74.8 Å². The largest absolute Gasteiger partial charge is 0.496 e. The predicted molar refractivity (Wildman–Crippen MR) is 105 cm³/mol. The number of ether oxygens (including phenoxy) is 3. The molecule has 1 heterocycles. The molecule has 2 rings (SSSR count). The molecule has 10 nitrogen and oxygen atoms in total. The van der Waals surface area contributed by atoms with Gasteiger partial charge in [-0.1, -0.05) is 0 Å². The van der Waals surface area contributed by atoms with Gasteiger partial charge in [0.05, 0.1) is 38.6 Å². The minimum absolute atomic E-state index is 0.113. The molecule has 0 unspecified atom stereocenters. The molecule has 2 N–H and O–H groups in total. The van der Waals surface area contributed by atoms with Gasteiger partial charge in [0.25, 0.3) is 0 Å². The number of hydrogen-bond acceptors (Lipinski definition) is 8. The second-order valence-electron chi connectivity index (χ2n) is 5.60. The Kier molecular flexibility index (Phi) is 8.17. The summed E-state index contributed by atoms with van der Waals surface area (Å²) in [5.74, 6) is 0.511. The first kappa shape index (κ1) is 20.8. The number of rotatable bonds is 8. The highest BCUT2D eigenvalue weighted by atomic mass is 32.1. The lowest BCUT2D eigenvalue weighted by Gasteiger charge is -2.26. The SMILES string of the molecule is COc1cc(OC)c([N+](=O)[O-])cc1/C=N/NC(=S)NCCN1CCOCC1. The second-order valence-corrected chi connectivity index (χ2v) is 6.01. The third kappa shape index (κ3) is 6.31. The van der Waals surface area contributed by atoms with Crippen LogP contribution in [0.3, 0.4) is 0 Å². The van der Waals surface area contributed by atoms with E-state index in [1.165, 1.54) is 32.6 Å². The summed E-state index contributed by atoms with van der Waals surface area (Å²) in [6.45, 7) is 4.86. The molecule has 11 heteroatoms. The summed E-state index contributed by atoms with van der Waals surface area (Å²) in [5, 5.41) is 18.6. The lowest BCUT2D eigenvalue weighted by Crippen LogP contribution is -2.42. The van der Waals surface area contributed by atoms with Crippen LogP contribution in [0.2, 0.25) is 0 Å². The predicted octanol–water partition coefficient (Wildman–Crippen LogP) is 0.742. The van der Waals surface area contributed by atoms with Gasteiger partial charge in [-0.05, 0) is 12.2 Å². The average Bonchev–Trinajstić information content (AvgIpc) is 2.68. The Morgan fingerprint density at radius 2 is 2.07 bits per heavy atom. The number of benzene rings is 1. The highest BCUT2D eigenvalue weighted by Gasteiger charge is 2.18. The molecule has 1 aliphatic rings. The molecule has 0 bridgehead atoms. The smallest absolute Gasteiger partial charge is 0.311 e. The molecule has 1 aromatic rings. The van der Waals surface area contributed by atoms with Crippen molar-refractivity contribution in [3.63, 3.8) is 0 Å². The van der Waals surface area contributed by atoms with Crippen molar-refractivity contribution in [3.8, 4) is 11.5 Å². The minimum atomic E-state index is -0.527. The molecule has 0 atom stereocenters. The molecule has 1 aliphatic heterocycles. The molecule has 27 heavy (non-hydrogen) atoms. The van der Waals surface area contributed by atoms with Crippen molar-refractivity contribution in [2.75, 3.05) is 53.6 Å². The molecular formula is C16H23N5O5S. The van der Waals surface area contributed by atoms with Crippen LogP contribution in [0.15, 0.2) is 17.2 Å². The van der Waals surface area contributed by atoms with E-state index in [2.05, 4.69) is 20.7 Å². The van der Waals surface area contributed by atoms with Crippen molar-refractivity contribution < 1.29 is 19.1 Å². The third-order valence-corrected chi connectivity index (χ3v) is 4.15. The molecule has 0 radical (unpaired) electrons. The lowest BCUT2D eigenvalue weighted by molar-refractivity contribution is -0.385. The standard InChI is InChI=1S/C16H23N5O5S/c1-24-14-10-15(25-2)13(21(22)23)9-12(14)11-18-19-16(27)17-3-4-20-5-7-26-8-6-20/h9-11H,3-8H2,1-2H3,(H2,17,19,27)/b18-11+. The first-order valence-electron chi connectivity index (χ1n) is 8.32. The number of nitrogens with one attached hydrogen (secondary N) is 2. The molecule has 1 saturated heterocycles. The molecule has 0 saturated carbocycles. The highest BCUT2D eigenvalue weighted by Crippen LogP contribution is 2.33. The Hall–Kier alpha value is -2.50. The molecule has 0 aliphatic carbocycles. The van der Waals surface area contributed by atoms with Crippen LogP contribution in [0.5, 0.6) is 11.5 Å². The molecule has 0 amide bonds. The van der Waals surface area contributed by atoms with E-state index in [0.717, 1.165) is 32.8 Å². The summed E-state index contributed by atoms with van der Waals surface area (Å²) in [4.78, 5) is 12.9. The van der Waals surface area contributed by atoms with Gasteiger partial charge in [0.1, 0.15) is 5.75 Å². The van der Waals surface area contributed by atoms with Crippen LogP contribution >= 0.6 is 12.2 Å². The van der Waals surface area contributed by atoms with Crippen molar-refractivity contribution in [1.29, 1.82) is 0 Å². The van der Waals surface area contributed by atoms with E-state index < -0.39 is 4.92 Å². The van der Waals surface area contributed by atoms with Crippen LogP contribution in [0.4, 0.5) is 5.69 Å². The van der Waals surface area contributed by atoms with Gasteiger partial charge in [-0.25, -0.2) is 0 Å². The average molecular weight is 397 g/mol. The van der Waals surface area contributed by atoms with Crippen LogP contribution in [0.25, 0.3) is 0 Å². The second kappa shape index (κ2) is 10.6. The fraction of sp³-hybridized carbons (Fsp3) is 0.500. The molecule has 148 valence electrons. The zero-order chi connectivity index (χ0) is 19.6. The summed E-state index contributed by atoms with van der Waals surface area (Å²) in [6.07, 6.45) is 1.40. The van der Waals surface area contributed by atoms with Gasteiger partial charge in [-0.15, -0.1) is 0 Å². The van der Waals surface area contributed by atoms with Crippen molar-refractivity contribution in [2.45, 2.75) is 0 Å². The fourth-order valence-corrected chi connectivity index (χ4v) is 2.66. The monoisotopic (exact) mass is 397 g/mol. The summed E-state index contributed by atoms with van der Waals surface area (Å²) in [6, 6.07) is 2.77. The zero-order valence-electron chi connectivity index (χ0n) is 15.3. The van der Waals surface area contributed by atoms with Crippen molar-refractivity contribution in [1.82, 2.24) is 15.6 Å². The number of nitro benzene ring substituents is 1. The number of hydrogen-bond donors (Lipinski definition) is 2. The van der Waals surface area contributed by atoms with Gasteiger partial charge in [-0.3, -0.25) is 20.4 Å². The van der Waals surface area contributed by atoms with Crippen LogP contribution < -0.4 is 20.2 Å². The number of hydrazone groups is 1. The van der Waals surface area contributed by atoms with Crippen molar-refractivity contribution >= 4 is 29.2 Å². The highest BCUT2D eigenvalue weighted by molar-refractivity contribution is 7.80. The Labute approximate surface area is 162 Å². The van der Waals surface area contributed by atoms with Gasteiger partial charge >= 0.3 is 5.69 Å². The first-order valence-corrected chi connectivity index (χ1v) is 8.73. The molecule has 1 aromatic carbocycles. The summed E-state index contributed by atoms with van der Waals surface area (Å²) in [5.41, 5.74) is 2.94. The maximum absolute atomic E-state index is 11.1. The number of nitrogens with zero attached hydrogens (tertiary/aromatic N) is 3. The van der Waals surface area contributed by atoms with E-state index in [1.807, 2.05) is 0 Å². The van der Waals surface area contributed by atoms with E-state index >= 15 is 0 Å². The Balaban J connectivity index is 1.89. The van der Waals surface area contributed by atoms with E-state index in [0.29, 0.717) is 23.0 Å². The summed E-state index contributed by atoms with van der Waals surface area (Å²) >= 11 is 5.17. The number of methoxy groups -OCH3 is 2. The summed E-state index contributed by atoms with van der Waals surface area (Å²) in [7, 11) is 2.82. The maximum Gasteiger partial charge on any atom is 0.311 e. The van der Waals surface area contributed by atoms with Crippen molar-refractivity contribution in [2.24, 2.45) is 5.10 Å². The molecular weight excluding hydrogens is 374 g/mol. The van der Waals surface area contributed by atoms with Crippen LogP contribution in [0.1, 0.15) is 5.56 Å². The minimum Gasteiger partial charge on any atom is -0.496 e. The quantitative estimate of drug-likeness (QED) is 0.284. The zero-order valence-corrected chi connectivity index (χ0v) is 16.1. The normalized spacial score (nSPS) is 14.7. The van der Waals surface area contributed by atoms with Gasteiger partial charge < -0.3 is 19.5 Å². The molecule has 0 aromatic heterocycles. The van der Waals surface area contributed by atoms with Crippen LogP contribution in [0, 0.1) is 10.1 Å².